The molecule has 0 aliphatic heterocycles. The monoisotopic (exact) mass is 281 g/mol. The molecule has 9 nitrogen and oxygen atoms in total. The van der Waals surface area contributed by atoms with Crippen molar-refractivity contribution in [1.29, 1.82) is 0 Å². The summed E-state index contributed by atoms with van der Waals surface area (Å²) >= 11 is 0. The molecular weight excluding hydrogens is 270 g/mol. The summed E-state index contributed by atoms with van der Waals surface area (Å²) in [6.45, 7) is -0.145. The minimum Gasteiger partial charge on any atom is -0.458 e. The molecule has 0 saturated carbocycles. The summed E-state index contributed by atoms with van der Waals surface area (Å²) in [6, 6.07) is 3.04. The number of carbonyl (C=O) groups is 1. The van der Waals surface area contributed by atoms with Gasteiger partial charge in [-0.15, -0.1) is 0 Å². The van der Waals surface area contributed by atoms with E-state index in [9.17, 15) is 25.0 Å². The van der Waals surface area contributed by atoms with Crippen LogP contribution in [0.1, 0.15) is 5.56 Å². The number of nitrogens with two attached hydrogens (primary N) is 1. The lowest BCUT2D eigenvalue weighted by Gasteiger charge is -2.02. The molecule has 0 aliphatic rings. The second-order valence-electron chi connectivity index (χ2n) is 3.62. The highest BCUT2D eigenvalue weighted by Gasteiger charge is 2.16. The van der Waals surface area contributed by atoms with Crippen LogP contribution >= 0.6 is 0 Å². The Labute approximate surface area is 112 Å². The van der Waals surface area contributed by atoms with Crippen molar-refractivity contribution in [3.63, 3.8) is 0 Å². The van der Waals surface area contributed by atoms with Crippen LogP contribution in [0.15, 0.2) is 30.4 Å². The van der Waals surface area contributed by atoms with Crippen molar-refractivity contribution in [3.8, 4) is 0 Å². The van der Waals surface area contributed by atoms with E-state index in [0.717, 1.165) is 24.3 Å². The Hall–Kier alpha value is -2.81. The molecule has 106 valence electrons. The van der Waals surface area contributed by atoms with Gasteiger partial charge in [-0.2, -0.15) is 0 Å². The fraction of sp³-hybridized carbons (Fsp3) is 0.182. The topological polar surface area (TPSA) is 139 Å². The maximum absolute atomic E-state index is 11.2. The molecular formula is C11H11N3O6. The van der Waals surface area contributed by atoms with Gasteiger partial charge in [0.2, 0.25) is 0 Å². The van der Waals surface area contributed by atoms with Crippen LogP contribution in [0, 0.1) is 20.2 Å². The SMILES string of the molecule is NCC=CC(=O)OCc1cc([N+](=O)[O-])cc([N+](=O)[O-])c1. The molecule has 0 heterocycles. The van der Waals surface area contributed by atoms with Crippen molar-refractivity contribution in [1.82, 2.24) is 0 Å². The lowest BCUT2D eigenvalue weighted by Crippen LogP contribution is -2.03. The second-order valence-corrected chi connectivity index (χ2v) is 3.62. The molecule has 1 rings (SSSR count). The number of hydrogen-bond donors (Lipinski definition) is 1. The quantitative estimate of drug-likeness (QED) is 0.356. The third-order valence-corrected chi connectivity index (χ3v) is 2.16. The molecule has 0 amide bonds. The van der Waals surface area contributed by atoms with E-state index in [-0.39, 0.29) is 18.7 Å². The van der Waals surface area contributed by atoms with E-state index in [0.29, 0.717) is 0 Å². The largest absolute Gasteiger partial charge is 0.458 e. The van der Waals surface area contributed by atoms with E-state index in [2.05, 4.69) is 0 Å². The number of hydrogen-bond acceptors (Lipinski definition) is 7. The van der Waals surface area contributed by atoms with Crippen molar-refractivity contribution < 1.29 is 19.4 Å². The number of non-ortho nitro benzene ring substituents is 2. The summed E-state index contributed by atoms with van der Waals surface area (Å²) in [6.07, 6.45) is 2.48. The van der Waals surface area contributed by atoms with Crippen molar-refractivity contribution in [2.45, 2.75) is 6.61 Å². The van der Waals surface area contributed by atoms with Gasteiger partial charge in [-0.3, -0.25) is 20.2 Å². The van der Waals surface area contributed by atoms with Crippen molar-refractivity contribution in [2.75, 3.05) is 6.54 Å². The van der Waals surface area contributed by atoms with E-state index in [4.69, 9.17) is 10.5 Å². The molecule has 0 saturated heterocycles. The molecule has 0 unspecified atom stereocenters. The second kappa shape index (κ2) is 6.95. The molecule has 0 aromatic heterocycles. The van der Waals surface area contributed by atoms with Gasteiger partial charge in [-0.05, 0) is 0 Å². The molecule has 0 fully saturated rings. The maximum Gasteiger partial charge on any atom is 0.330 e. The Morgan fingerprint density at radius 3 is 2.20 bits per heavy atom. The van der Waals surface area contributed by atoms with E-state index < -0.39 is 27.2 Å². The summed E-state index contributed by atoms with van der Waals surface area (Å²) in [5, 5.41) is 21.3. The Morgan fingerprint density at radius 2 is 1.75 bits per heavy atom. The fourth-order valence-electron chi connectivity index (χ4n) is 1.32. The Bertz CT molecular complexity index is 537. The number of nitro benzene ring substituents is 2. The number of esters is 1. The smallest absolute Gasteiger partial charge is 0.330 e. The Balaban J connectivity index is 2.89. The first kappa shape index (κ1) is 15.2. The van der Waals surface area contributed by atoms with E-state index >= 15 is 0 Å². The molecule has 0 atom stereocenters. The molecule has 0 spiro atoms. The molecule has 2 N–H and O–H groups in total. The summed E-state index contributed by atoms with van der Waals surface area (Å²) in [7, 11) is 0. The predicted molar refractivity (Wildman–Crippen MR) is 67.7 cm³/mol. The summed E-state index contributed by atoms with van der Waals surface area (Å²) in [4.78, 5) is 31.0. The minimum absolute atomic E-state index is 0.153. The number of carbonyl (C=O) groups excluding carboxylic acids is 1. The number of rotatable bonds is 6. The predicted octanol–water partition coefficient (Wildman–Crippen LogP) is 1.06. The van der Waals surface area contributed by atoms with E-state index in [1.807, 2.05) is 0 Å². The lowest BCUT2D eigenvalue weighted by atomic mass is 10.2. The van der Waals surface area contributed by atoms with Gasteiger partial charge in [0.15, 0.2) is 0 Å². The van der Waals surface area contributed by atoms with Crippen molar-refractivity contribution in [2.24, 2.45) is 5.73 Å². The Kier molecular flexibility index (Phi) is 5.30. The molecule has 0 aliphatic carbocycles. The molecule has 9 heteroatoms. The number of benzene rings is 1. The maximum atomic E-state index is 11.2. The van der Waals surface area contributed by atoms with Crippen LogP contribution in [-0.2, 0) is 16.1 Å². The molecule has 20 heavy (non-hydrogen) atoms. The van der Waals surface area contributed by atoms with Gasteiger partial charge in [-0.1, -0.05) is 6.08 Å². The van der Waals surface area contributed by atoms with Crippen molar-refractivity contribution >= 4 is 17.3 Å². The van der Waals surface area contributed by atoms with Crippen LogP contribution in [0.4, 0.5) is 11.4 Å². The third-order valence-electron chi connectivity index (χ3n) is 2.16. The van der Waals surface area contributed by atoms with Crippen LogP contribution in [0.3, 0.4) is 0 Å². The first-order valence-electron chi connectivity index (χ1n) is 5.40. The highest BCUT2D eigenvalue weighted by Crippen LogP contribution is 2.23. The van der Waals surface area contributed by atoms with Crippen LogP contribution in [0.2, 0.25) is 0 Å². The van der Waals surface area contributed by atoms with Gasteiger partial charge in [0.05, 0.1) is 15.9 Å². The summed E-state index contributed by atoms with van der Waals surface area (Å²) in [5.74, 6) is -0.690. The first-order valence-corrected chi connectivity index (χ1v) is 5.40. The number of nitrogens with zero attached hydrogens (tertiary/aromatic N) is 2. The van der Waals surface area contributed by atoms with Gasteiger partial charge >= 0.3 is 5.97 Å². The minimum atomic E-state index is -0.757. The van der Waals surface area contributed by atoms with Crippen molar-refractivity contribution in [3.05, 3.63) is 56.1 Å². The zero-order valence-corrected chi connectivity index (χ0v) is 10.2. The van der Waals surface area contributed by atoms with Gasteiger partial charge < -0.3 is 10.5 Å². The summed E-state index contributed by atoms with van der Waals surface area (Å²) < 4.78 is 4.77. The first-order chi connectivity index (χ1) is 9.43. The van der Waals surface area contributed by atoms with Crippen LogP contribution in [0.25, 0.3) is 0 Å². The lowest BCUT2D eigenvalue weighted by molar-refractivity contribution is -0.394. The van der Waals surface area contributed by atoms with E-state index in [1.54, 1.807) is 0 Å². The van der Waals surface area contributed by atoms with E-state index in [1.165, 1.54) is 6.08 Å². The number of nitro groups is 2. The molecule has 0 radical (unpaired) electrons. The average Bonchev–Trinajstić information content (AvgIpc) is 2.42. The van der Waals surface area contributed by atoms with Gasteiger partial charge in [0, 0.05) is 30.3 Å². The number of ether oxygens (including phenoxy) is 1. The fourth-order valence-corrected chi connectivity index (χ4v) is 1.32. The summed E-state index contributed by atoms with van der Waals surface area (Å²) in [5.41, 5.74) is 4.42. The molecule has 1 aromatic rings. The van der Waals surface area contributed by atoms with Crippen LogP contribution in [-0.4, -0.2) is 22.4 Å². The highest BCUT2D eigenvalue weighted by atomic mass is 16.6. The van der Waals surface area contributed by atoms with Crippen LogP contribution < -0.4 is 5.73 Å². The highest BCUT2D eigenvalue weighted by molar-refractivity contribution is 5.81. The average molecular weight is 281 g/mol. The standard InChI is InChI=1S/C11H11N3O6/c12-3-1-2-11(15)20-7-8-4-9(13(16)17)6-10(5-8)14(18)19/h1-2,4-6H,3,7,12H2. The molecule has 1 aromatic carbocycles. The normalized spacial score (nSPS) is 10.4. The van der Waals surface area contributed by atoms with Gasteiger partial charge in [0.25, 0.3) is 11.4 Å². The van der Waals surface area contributed by atoms with Gasteiger partial charge in [-0.25, -0.2) is 4.79 Å². The zero-order valence-electron chi connectivity index (χ0n) is 10.2. The van der Waals surface area contributed by atoms with Gasteiger partial charge in [0.1, 0.15) is 6.61 Å². The van der Waals surface area contributed by atoms with Crippen LogP contribution in [0.5, 0.6) is 0 Å². The Morgan fingerprint density at radius 1 is 1.20 bits per heavy atom. The third kappa shape index (κ3) is 4.46. The molecule has 0 bridgehead atoms. The zero-order chi connectivity index (χ0) is 15.1.